The summed E-state index contributed by atoms with van der Waals surface area (Å²) in [5, 5.41) is 7.01. The van der Waals surface area contributed by atoms with E-state index in [4.69, 9.17) is 0 Å². The Kier molecular flexibility index (Phi) is 9.93. The van der Waals surface area contributed by atoms with E-state index in [1.807, 2.05) is 7.05 Å². The lowest BCUT2D eigenvalue weighted by molar-refractivity contribution is 0.126. The van der Waals surface area contributed by atoms with Crippen LogP contribution in [-0.2, 0) is 6.54 Å². The first-order valence-electron chi connectivity index (χ1n) is 12.0. The smallest absolute Gasteiger partial charge is 0.191 e. The third-order valence-corrected chi connectivity index (χ3v) is 6.54. The van der Waals surface area contributed by atoms with Crippen LogP contribution in [0, 0.1) is 0 Å². The second kappa shape index (κ2) is 12.9. The van der Waals surface area contributed by atoms with Gasteiger partial charge in [0.15, 0.2) is 5.96 Å². The summed E-state index contributed by atoms with van der Waals surface area (Å²) in [5.41, 5.74) is 1.43. The van der Waals surface area contributed by atoms with Crippen molar-refractivity contribution in [3.63, 3.8) is 0 Å². The third-order valence-electron chi connectivity index (χ3n) is 6.54. The summed E-state index contributed by atoms with van der Waals surface area (Å²) in [7, 11) is 1.87. The Labute approximate surface area is 183 Å². The molecule has 6 nitrogen and oxygen atoms in total. The van der Waals surface area contributed by atoms with Crippen LogP contribution in [0.5, 0.6) is 0 Å². The fourth-order valence-electron chi connectivity index (χ4n) is 4.66. The number of aliphatic imine (C=N–C) groups is 1. The molecule has 1 atom stereocenters. The van der Waals surface area contributed by atoms with Crippen LogP contribution in [-0.4, -0.2) is 92.7 Å². The van der Waals surface area contributed by atoms with Crippen molar-refractivity contribution in [1.82, 2.24) is 25.3 Å². The van der Waals surface area contributed by atoms with Gasteiger partial charge in [-0.2, -0.15) is 0 Å². The van der Waals surface area contributed by atoms with Crippen molar-refractivity contribution >= 4 is 5.96 Å². The average Bonchev–Trinajstić information content (AvgIpc) is 3.25. The van der Waals surface area contributed by atoms with E-state index in [0.717, 1.165) is 32.1 Å². The molecule has 2 saturated heterocycles. The summed E-state index contributed by atoms with van der Waals surface area (Å²) >= 11 is 0. The van der Waals surface area contributed by atoms with Crippen LogP contribution >= 0.6 is 0 Å². The molecule has 0 bridgehead atoms. The molecule has 2 fully saturated rings. The number of benzene rings is 1. The molecule has 168 valence electrons. The Morgan fingerprint density at radius 2 is 1.77 bits per heavy atom. The number of guanidine groups is 1. The van der Waals surface area contributed by atoms with Crippen LogP contribution in [0.15, 0.2) is 35.3 Å². The maximum absolute atomic E-state index is 4.39. The van der Waals surface area contributed by atoms with Crippen molar-refractivity contribution < 1.29 is 0 Å². The minimum Gasteiger partial charge on any atom is -0.356 e. The van der Waals surface area contributed by atoms with E-state index in [1.54, 1.807) is 0 Å². The summed E-state index contributed by atoms with van der Waals surface area (Å²) in [6, 6.07) is 11.5. The van der Waals surface area contributed by atoms with Crippen molar-refractivity contribution in [1.29, 1.82) is 0 Å². The zero-order valence-electron chi connectivity index (χ0n) is 19.2. The van der Waals surface area contributed by atoms with E-state index in [9.17, 15) is 0 Å². The second-order valence-corrected chi connectivity index (χ2v) is 8.62. The first-order chi connectivity index (χ1) is 14.8. The Morgan fingerprint density at radius 1 is 1.00 bits per heavy atom. The van der Waals surface area contributed by atoms with Gasteiger partial charge in [0, 0.05) is 58.9 Å². The topological polar surface area (TPSA) is 46.1 Å². The second-order valence-electron chi connectivity index (χ2n) is 8.62. The van der Waals surface area contributed by atoms with Crippen LogP contribution in [0.2, 0.25) is 0 Å². The molecule has 0 aliphatic carbocycles. The quantitative estimate of drug-likeness (QED) is 0.349. The Hall–Kier alpha value is -1.63. The standard InChI is InChI=1S/C24H42N6/c1-3-30-15-9-12-23(30)20-27-24(25-2)26-13-7-8-14-28-16-18-29(19-17-28)21-22-10-5-4-6-11-22/h4-6,10-11,23H,3,7-9,12-21H2,1-2H3,(H2,25,26,27). The third kappa shape index (κ3) is 7.56. The number of unbranched alkanes of at least 4 members (excludes halogenated alkanes) is 1. The molecule has 30 heavy (non-hydrogen) atoms. The SMILES string of the molecule is CCN1CCCC1CNC(=NC)NCCCCN1CCN(Cc2ccccc2)CC1. The lowest BCUT2D eigenvalue weighted by Gasteiger charge is -2.34. The highest BCUT2D eigenvalue weighted by atomic mass is 15.3. The van der Waals surface area contributed by atoms with E-state index < -0.39 is 0 Å². The molecule has 3 rings (SSSR count). The first-order valence-corrected chi connectivity index (χ1v) is 12.0. The van der Waals surface area contributed by atoms with Gasteiger partial charge in [-0.1, -0.05) is 37.3 Å². The number of rotatable bonds is 10. The number of nitrogens with zero attached hydrogens (tertiary/aromatic N) is 4. The van der Waals surface area contributed by atoms with Gasteiger partial charge in [-0.05, 0) is 50.9 Å². The minimum absolute atomic E-state index is 0.661. The number of likely N-dealkylation sites (tertiary alicyclic amines) is 1. The lowest BCUT2D eigenvalue weighted by Crippen LogP contribution is -2.46. The van der Waals surface area contributed by atoms with Gasteiger partial charge >= 0.3 is 0 Å². The molecule has 1 aromatic carbocycles. The molecular formula is C24H42N6. The van der Waals surface area contributed by atoms with Gasteiger partial charge in [0.1, 0.15) is 0 Å². The highest BCUT2D eigenvalue weighted by molar-refractivity contribution is 5.79. The normalized spacial score (nSPS) is 21.8. The van der Waals surface area contributed by atoms with E-state index in [2.05, 4.69) is 67.6 Å². The van der Waals surface area contributed by atoms with Gasteiger partial charge in [-0.15, -0.1) is 0 Å². The molecule has 0 spiro atoms. The molecule has 0 radical (unpaired) electrons. The van der Waals surface area contributed by atoms with Crippen LogP contribution in [0.4, 0.5) is 0 Å². The molecule has 0 saturated carbocycles. The van der Waals surface area contributed by atoms with Crippen molar-refractivity contribution in [2.75, 3.05) is 66.0 Å². The molecule has 1 aromatic rings. The van der Waals surface area contributed by atoms with Crippen molar-refractivity contribution in [2.24, 2.45) is 4.99 Å². The van der Waals surface area contributed by atoms with Gasteiger partial charge in [-0.25, -0.2) is 0 Å². The predicted octanol–water partition coefficient (Wildman–Crippen LogP) is 2.23. The van der Waals surface area contributed by atoms with Crippen molar-refractivity contribution in [3.8, 4) is 0 Å². The van der Waals surface area contributed by atoms with Crippen molar-refractivity contribution in [2.45, 2.75) is 45.2 Å². The summed E-state index contributed by atoms with van der Waals surface area (Å²) < 4.78 is 0. The molecule has 2 aliphatic heterocycles. The van der Waals surface area contributed by atoms with Gasteiger partial charge in [0.2, 0.25) is 0 Å². The zero-order chi connectivity index (χ0) is 21.0. The fourth-order valence-corrected chi connectivity index (χ4v) is 4.66. The Balaban J connectivity index is 1.22. The average molecular weight is 415 g/mol. The molecule has 2 heterocycles. The number of piperazine rings is 1. The minimum atomic E-state index is 0.661. The van der Waals surface area contributed by atoms with Gasteiger partial charge in [0.25, 0.3) is 0 Å². The molecule has 2 aliphatic rings. The van der Waals surface area contributed by atoms with Gasteiger partial charge in [0.05, 0.1) is 0 Å². The summed E-state index contributed by atoms with van der Waals surface area (Å²) in [5.74, 6) is 0.951. The predicted molar refractivity (Wildman–Crippen MR) is 127 cm³/mol. The Bertz CT molecular complexity index is 611. The molecule has 6 heteroatoms. The highest BCUT2D eigenvalue weighted by Gasteiger charge is 2.22. The van der Waals surface area contributed by atoms with E-state index in [-0.39, 0.29) is 0 Å². The summed E-state index contributed by atoms with van der Waals surface area (Å²) in [6.07, 6.45) is 5.06. The van der Waals surface area contributed by atoms with Crippen LogP contribution in [0.1, 0.15) is 38.2 Å². The molecule has 0 amide bonds. The lowest BCUT2D eigenvalue weighted by atomic mass is 10.2. The number of hydrogen-bond donors (Lipinski definition) is 2. The Morgan fingerprint density at radius 3 is 2.50 bits per heavy atom. The van der Waals surface area contributed by atoms with E-state index in [1.165, 1.54) is 70.5 Å². The monoisotopic (exact) mass is 414 g/mol. The van der Waals surface area contributed by atoms with Crippen LogP contribution < -0.4 is 10.6 Å². The molecule has 0 aromatic heterocycles. The summed E-state index contributed by atoms with van der Waals surface area (Å²) in [4.78, 5) is 12.2. The first kappa shape index (κ1) is 23.0. The summed E-state index contributed by atoms with van der Waals surface area (Å²) in [6.45, 7) is 13.7. The maximum atomic E-state index is 4.39. The molecular weight excluding hydrogens is 372 g/mol. The number of hydrogen-bond acceptors (Lipinski definition) is 4. The largest absolute Gasteiger partial charge is 0.356 e. The van der Waals surface area contributed by atoms with Crippen LogP contribution in [0.3, 0.4) is 0 Å². The molecule has 1 unspecified atom stereocenters. The van der Waals surface area contributed by atoms with Crippen molar-refractivity contribution in [3.05, 3.63) is 35.9 Å². The van der Waals surface area contributed by atoms with E-state index >= 15 is 0 Å². The number of likely N-dealkylation sites (N-methyl/N-ethyl adjacent to an activating group) is 1. The van der Waals surface area contributed by atoms with Crippen LogP contribution in [0.25, 0.3) is 0 Å². The number of nitrogens with one attached hydrogen (secondary N) is 2. The molecule has 2 N–H and O–H groups in total. The maximum Gasteiger partial charge on any atom is 0.191 e. The fraction of sp³-hybridized carbons (Fsp3) is 0.708. The van der Waals surface area contributed by atoms with Gasteiger partial charge < -0.3 is 15.5 Å². The zero-order valence-corrected chi connectivity index (χ0v) is 19.2. The van der Waals surface area contributed by atoms with E-state index in [0.29, 0.717) is 6.04 Å². The highest BCUT2D eigenvalue weighted by Crippen LogP contribution is 2.15. The van der Waals surface area contributed by atoms with Gasteiger partial charge in [-0.3, -0.25) is 14.8 Å².